The summed E-state index contributed by atoms with van der Waals surface area (Å²) in [6, 6.07) is 0. The molecule has 0 radical (unpaired) electrons. The molecule has 4 nitrogen and oxygen atoms in total. The van der Waals surface area contributed by atoms with Gasteiger partial charge in [-0.1, -0.05) is 71.6 Å². The second kappa shape index (κ2) is 16.3. The second-order valence-electron chi connectivity index (χ2n) is 5.93. The summed E-state index contributed by atoms with van der Waals surface area (Å²) in [5.74, 6) is -0.374. The van der Waals surface area contributed by atoms with Crippen LogP contribution >= 0.6 is 0 Å². The number of carbonyl (C=O) groups is 2. The molecule has 0 atom stereocenters. The molecule has 0 aliphatic heterocycles. The molecule has 0 aliphatic carbocycles. The highest BCUT2D eigenvalue weighted by molar-refractivity contribution is 5.81. The van der Waals surface area contributed by atoms with Gasteiger partial charge in [0.05, 0.1) is 6.61 Å². The van der Waals surface area contributed by atoms with Crippen LogP contribution in [0, 0.1) is 0 Å². The van der Waals surface area contributed by atoms with Gasteiger partial charge in [-0.3, -0.25) is 9.59 Å². The molecule has 0 unspecified atom stereocenters. The van der Waals surface area contributed by atoms with Crippen LogP contribution < -0.4 is 5.32 Å². The summed E-state index contributed by atoms with van der Waals surface area (Å²) in [7, 11) is 0. The molecule has 0 spiro atoms. The Morgan fingerprint density at radius 2 is 1.32 bits per heavy atom. The van der Waals surface area contributed by atoms with Gasteiger partial charge in [-0.05, 0) is 12.8 Å². The van der Waals surface area contributed by atoms with E-state index in [0.29, 0.717) is 13.0 Å². The Morgan fingerprint density at radius 3 is 1.95 bits per heavy atom. The van der Waals surface area contributed by atoms with Gasteiger partial charge in [0.1, 0.15) is 6.54 Å². The third kappa shape index (κ3) is 15.3. The molecular formula is C18H35NO3. The lowest BCUT2D eigenvalue weighted by Gasteiger charge is -2.06. The summed E-state index contributed by atoms with van der Waals surface area (Å²) in [6.07, 6.45) is 13.1. The fraction of sp³-hybridized carbons (Fsp3) is 0.889. The molecule has 0 aliphatic rings. The molecule has 0 saturated heterocycles. The zero-order valence-electron chi connectivity index (χ0n) is 14.6. The smallest absolute Gasteiger partial charge is 0.325 e. The summed E-state index contributed by atoms with van der Waals surface area (Å²) in [4.78, 5) is 23.0. The Hall–Kier alpha value is -1.06. The van der Waals surface area contributed by atoms with Crippen molar-refractivity contribution in [2.24, 2.45) is 0 Å². The Kier molecular flexibility index (Phi) is 15.5. The first-order valence-electron chi connectivity index (χ1n) is 9.13. The van der Waals surface area contributed by atoms with Crippen molar-refractivity contribution in [1.29, 1.82) is 0 Å². The van der Waals surface area contributed by atoms with E-state index in [1.807, 2.05) is 0 Å². The van der Waals surface area contributed by atoms with Gasteiger partial charge in [-0.2, -0.15) is 0 Å². The molecule has 4 heteroatoms. The minimum atomic E-state index is -0.326. The summed E-state index contributed by atoms with van der Waals surface area (Å²) >= 11 is 0. The molecule has 0 saturated carbocycles. The Bertz CT molecular complexity index is 280. The number of hydrogen-bond acceptors (Lipinski definition) is 3. The van der Waals surface area contributed by atoms with Gasteiger partial charge in [-0.25, -0.2) is 0 Å². The van der Waals surface area contributed by atoms with Crippen LogP contribution in [0.2, 0.25) is 0 Å². The molecule has 0 rings (SSSR count). The van der Waals surface area contributed by atoms with Crippen molar-refractivity contribution in [2.45, 2.75) is 90.9 Å². The van der Waals surface area contributed by atoms with Crippen molar-refractivity contribution < 1.29 is 14.3 Å². The molecule has 0 aromatic carbocycles. The standard InChI is InChI=1S/C18H35NO3/c1-3-5-7-9-11-13-15-22-18(21)16-19-17(20)14-12-10-8-6-4-2/h3-16H2,1-2H3,(H,19,20). The number of hydrogen-bond donors (Lipinski definition) is 1. The molecule has 1 N–H and O–H groups in total. The summed E-state index contributed by atoms with van der Waals surface area (Å²) < 4.78 is 5.10. The highest BCUT2D eigenvalue weighted by Crippen LogP contribution is 2.05. The van der Waals surface area contributed by atoms with Crippen molar-refractivity contribution in [3.05, 3.63) is 0 Å². The van der Waals surface area contributed by atoms with E-state index in [1.165, 1.54) is 44.9 Å². The molecule has 0 aromatic heterocycles. The van der Waals surface area contributed by atoms with E-state index in [-0.39, 0.29) is 18.4 Å². The van der Waals surface area contributed by atoms with Crippen LogP contribution in [0.5, 0.6) is 0 Å². The van der Waals surface area contributed by atoms with Crippen LogP contribution in [0.15, 0.2) is 0 Å². The van der Waals surface area contributed by atoms with Crippen LogP contribution in [-0.4, -0.2) is 25.0 Å². The number of rotatable bonds is 15. The fourth-order valence-electron chi connectivity index (χ4n) is 2.27. The van der Waals surface area contributed by atoms with Crippen molar-refractivity contribution >= 4 is 11.9 Å². The van der Waals surface area contributed by atoms with E-state index in [0.717, 1.165) is 25.7 Å². The monoisotopic (exact) mass is 313 g/mol. The maximum absolute atomic E-state index is 11.5. The van der Waals surface area contributed by atoms with E-state index in [9.17, 15) is 9.59 Å². The highest BCUT2D eigenvalue weighted by atomic mass is 16.5. The first-order valence-corrected chi connectivity index (χ1v) is 9.13. The predicted octanol–water partition coefficient (Wildman–Crippen LogP) is 4.37. The summed E-state index contributed by atoms with van der Waals surface area (Å²) in [5, 5.41) is 2.63. The van der Waals surface area contributed by atoms with Crippen molar-refractivity contribution in [3.8, 4) is 0 Å². The van der Waals surface area contributed by atoms with E-state index < -0.39 is 0 Å². The highest BCUT2D eigenvalue weighted by Gasteiger charge is 2.06. The maximum Gasteiger partial charge on any atom is 0.325 e. The predicted molar refractivity (Wildman–Crippen MR) is 90.7 cm³/mol. The largest absolute Gasteiger partial charge is 0.464 e. The molecular weight excluding hydrogens is 278 g/mol. The number of esters is 1. The summed E-state index contributed by atoms with van der Waals surface area (Å²) in [5.41, 5.74) is 0. The van der Waals surface area contributed by atoms with Gasteiger partial charge >= 0.3 is 5.97 Å². The van der Waals surface area contributed by atoms with Gasteiger partial charge < -0.3 is 10.1 Å². The van der Waals surface area contributed by atoms with E-state index in [4.69, 9.17) is 4.74 Å². The van der Waals surface area contributed by atoms with E-state index in [2.05, 4.69) is 19.2 Å². The van der Waals surface area contributed by atoms with Crippen LogP contribution in [-0.2, 0) is 14.3 Å². The van der Waals surface area contributed by atoms with Crippen molar-refractivity contribution in [2.75, 3.05) is 13.2 Å². The van der Waals surface area contributed by atoms with Gasteiger partial charge in [0.15, 0.2) is 0 Å². The second-order valence-corrected chi connectivity index (χ2v) is 5.93. The minimum Gasteiger partial charge on any atom is -0.464 e. The number of amides is 1. The Labute approximate surface area is 136 Å². The van der Waals surface area contributed by atoms with Gasteiger partial charge in [0, 0.05) is 6.42 Å². The number of unbranched alkanes of at least 4 members (excludes halogenated alkanes) is 9. The third-order valence-corrected chi connectivity index (χ3v) is 3.70. The van der Waals surface area contributed by atoms with Crippen LogP contribution in [0.1, 0.15) is 90.9 Å². The summed E-state index contributed by atoms with van der Waals surface area (Å²) in [6.45, 7) is 4.84. The van der Waals surface area contributed by atoms with Gasteiger partial charge in [0.25, 0.3) is 0 Å². The Morgan fingerprint density at radius 1 is 0.773 bits per heavy atom. The first kappa shape index (κ1) is 20.9. The molecule has 0 heterocycles. The molecule has 22 heavy (non-hydrogen) atoms. The zero-order chi connectivity index (χ0) is 16.5. The van der Waals surface area contributed by atoms with Crippen molar-refractivity contribution in [3.63, 3.8) is 0 Å². The Balaban J connectivity index is 3.35. The van der Waals surface area contributed by atoms with Crippen molar-refractivity contribution in [1.82, 2.24) is 5.32 Å². The average Bonchev–Trinajstić information content (AvgIpc) is 2.52. The van der Waals surface area contributed by atoms with Crippen LogP contribution in [0.4, 0.5) is 0 Å². The quantitative estimate of drug-likeness (QED) is 0.361. The SMILES string of the molecule is CCCCCCCCOC(=O)CNC(=O)CCCCCCC. The topological polar surface area (TPSA) is 55.4 Å². The van der Waals surface area contributed by atoms with Gasteiger partial charge in [-0.15, -0.1) is 0 Å². The van der Waals surface area contributed by atoms with Gasteiger partial charge in [0.2, 0.25) is 5.91 Å². The number of nitrogens with one attached hydrogen (secondary N) is 1. The lowest BCUT2D eigenvalue weighted by atomic mass is 10.1. The molecule has 130 valence electrons. The lowest BCUT2D eigenvalue weighted by Crippen LogP contribution is -2.30. The van der Waals surface area contributed by atoms with E-state index >= 15 is 0 Å². The molecule has 0 fully saturated rings. The first-order chi connectivity index (χ1) is 10.7. The number of carbonyl (C=O) groups excluding carboxylic acids is 2. The fourth-order valence-corrected chi connectivity index (χ4v) is 2.27. The minimum absolute atomic E-state index is 0.00360. The lowest BCUT2D eigenvalue weighted by molar-refractivity contribution is -0.144. The molecule has 0 bridgehead atoms. The zero-order valence-corrected chi connectivity index (χ0v) is 14.6. The maximum atomic E-state index is 11.5. The molecule has 1 amide bonds. The van der Waals surface area contributed by atoms with Crippen LogP contribution in [0.25, 0.3) is 0 Å². The third-order valence-electron chi connectivity index (χ3n) is 3.70. The van der Waals surface area contributed by atoms with E-state index in [1.54, 1.807) is 0 Å². The van der Waals surface area contributed by atoms with Crippen LogP contribution in [0.3, 0.4) is 0 Å². The average molecular weight is 313 g/mol. The molecule has 0 aromatic rings. The normalized spacial score (nSPS) is 10.5. The number of ether oxygens (including phenoxy) is 1.